The van der Waals surface area contributed by atoms with E-state index in [2.05, 4.69) is 20.8 Å². The maximum Gasteiger partial charge on any atom is 0.295 e. The van der Waals surface area contributed by atoms with Crippen molar-refractivity contribution < 1.29 is 24.2 Å². The van der Waals surface area contributed by atoms with Crippen molar-refractivity contribution in [1.29, 1.82) is 0 Å². The molecule has 1 heterocycles. The third-order valence-corrected chi connectivity index (χ3v) is 6.08. The Kier molecular flexibility index (Phi) is 7.36. The fraction of sp³-hybridized carbons (Fsp3) is 0.407. The van der Waals surface area contributed by atoms with Crippen LogP contribution in [0.3, 0.4) is 0 Å². The number of ketones is 1. The average molecular weight is 467 g/mol. The van der Waals surface area contributed by atoms with E-state index in [1.165, 1.54) is 14.2 Å². The molecule has 0 aliphatic carbocycles. The van der Waals surface area contributed by atoms with E-state index in [0.717, 1.165) is 11.1 Å². The highest BCUT2D eigenvalue weighted by Crippen LogP contribution is 2.41. The number of hydrogen-bond acceptors (Lipinski definition) is 6. The maximum atomic E-state index is 13.2. The lowest BCUT2D eigenvalue weighted by Crippen LogP contribution is -2.35. The van der Waals surface area contributed by atoms with E-state index in [1.54, 1.807) is 23.1 Å². The summed E-state index contributed by atoms with van der Waals surface area (Å²) in [5.74, 6) is -0.638. The molecule has 1 N–H and O–H groups in total. The van der Waals surface area contributed by atoms with Crippen LogP contribution in [-0.2, 0) is 15.0 Å². The largest absolute Gasteiger partial charge is 0.507 e. The zero-order chi connectivity index (χ0) is 25.2. The number of amides is 1. The highest BCUT2D eigenvalue weighted by molar-refractivity contribution is 6.46. The number of likely N-dealkylation sites (tertiary alicyclic amines) is 1. The average Bonchev–Trinajstić information content (AvgIpc) is 3.06. The van der Waals surface area contributed by atoms with Gasteiger partial charge in [-0.3, -0.25) is 9.59 Å². The summed E-state index contributed by atoms with van der Waals surface area (Å²) in [5.41, 5.74) is 2.32. The van der Waals surface area contributed by atoms with Crippen LogP contribution in [0.1, 0.15) is 43.5 Å². The number of benzene rings is 2. The van der Waals surface area contributed by atoms with Crippen molar-refractivity contribution >= 4 is 17.4 Å². The van der Waals surface area contributed by atoms with E-state index < -0.39 is 17.7 Å². The van der Waals surface area contributed by atoms with Gasteiger partial charge in [0.25, 0.3) is 11.7 Å². The maximum absolute atomic E-state index is 13.2. The predicted molar refractivity (Wildman–Crippen MR) is 132 cm³/mol. The van der Waals surface area contributed by atoms with Crippen molar-refractivity contribution in [3.63, 3.8) is 0 Å². The van der Waals surface area contributed by atoms with Gasteiger partial charge in [-0.2, -0.15) is 0 Å². The standard InChI is InChI=1S/C27H34N2O5/c1-27(2,3)19-11-8-17(9-12-19)23-22(25(31)26(32)29(23)15-14-28(4)5)24(30)18-10-13-20(33-6)21(16-18)34-7/h8-13,16,23,30H,14-15H2,1-7H3/t23-/m0/s1. The van der Waals surface area contributed by atoms with Gasteiger partial charge in [-0.15, -0.1) is 0 Å². The fourth-order valence-electron chi connectivity index (χ4n) is 4.07. The lowest BCUT2D eigenvalue weighted by atomic mass is 9.85. The summed E-state index contributed by atoms with van der Waals surface area (Å²) in [5, 5.41) is 11.3. The number of Topliss-reactive ketones (excluding diaryl/α,β-unsaturated/α-hetero) is 1. The number of nitrogens with zero attached hydrogens (tertiary/aromatic N) is 2. The third kappa shape index (κ3) is 4.94. The molecule has 7 heteroatoms. The number of aliphatic hydroxyl groups excluding tert-OH is 1. The molecule has 2 aromatic rings. The monoisotopic (exact) mass is 466 g/mol. The van der Waals surface area contributed by atoms with Gasteiger partial charge in [0.1, 0.15) is 5.76 Å². The minimum Gasteiger partial charge on any atom is -0.507 e. The molecule has 34 heavy (non-hydrogen) atoms. The number of likely N-dealkylation sites (N-methyl/N-ethyl adjacent to an activating group) is 1. The molecule has 0 spiro atoms. The van der Waals surface area contributed by atoms with Crippen LogP contribution in [0.25, 0.3) is 5.76 Å². The smallest absolute Gasteiger partial charge is 0.295 e. The molecule has 1 aliphatic heterocycles. The zero-order valence-corrected chi connectivity index (χ0v) is 21.0. The number of hydrogen-bond donors (Lipinski definition) is 1. The molecule has 0 saturated carbocycles. The predicted octanol–water partition coefficient (Wildman–Crippen LogP) is 3.98. The normalized spacial score (nSPS) is 18.0. The van der Waals surface area contributed by atoms with Gasteiger partial charge >= 0.3 is 0 Å². The lowest BCUT2D eigenvalue weighted by molar-refractivity contribution is -0.140. The van der Waals surface area contributed by atoms with Gasteiger partial charge in [0.2, 0.25) is 0 Å². The Balaban J connectivity index is 2.16. The number of rotatable bonds is 7. The highest BCUT2D eigenvalue weighted by atomic mass is 16.5. The van der Waals surface area contributed by atoms with E-state index in [4.69, 9.17) is 9.47 Å². The Morgan fingerprint density at radius 1 is 1.00 bits per heavy atom. The first-order valence-electron chi connectivity index (χ1n) is 11.3. The molecule has 1 saturated heterocycles. The van der Waals surface area contributed by atoms with Crippen LogP contribution in [0.15, 0.2) is 48.0 Å². The van der Waals surface area contributed by atoms with E-state index in [9.17, 15) is 14.7 Å². The zero-order valence-electron chi connectivity index (χ0n) is 21.0. The molecule has 0 aromatic heterocycles. The van der Waals surface area contributed by atoms with E-state index in [1.807, 2.05) is 43.3 Å². The highest BCUT2D eigenvalue weighted by Gasteiger charge is 2.46. The lowest BCUT2D eigenvalue weighted by Gasteiger charge is -2.27. The molecule has 0 radical (unpaired) electrons. The number of carbonyl (C=O) groups is 2. The Morgan fingerprint density at radius 2 is 1.62 bits per heavy atom. The molecule has 3 rings (SSSR count). The first kappa shape index (κ1) is 25.3. The molecular weight excluding hydrogens is 432 g/mol. The van der Waals surface area contributed by atoms with Gasteiger partial charge in [0.05, 0.1) is 25.8 Å². The van der Waals surface area contributed by atoms with Gasteiger partial charge in [-0.25, -0.2) is 0 Å². The summed E-state index contributed by atoms with van der Waals surface area (Å²) in [4.78, 5) is 29.7. The Labute approximate surface area is 201 Å². The number of ether oxygens (including phenoxy) is 2. The second kappa shape index (κ2) is 9.89. The summed E-state index contributed by atoms with van der Waals surface area (Å²) in [6.45, 7) is 7.32. The van der Waals surface area contributed by atoms with Crippen molar-refractivity contribution in [3.05, 3.63) is 64.7 Å². The Hall–Kier alpha value is -3.32. The minimum absolute atomic E-state index is 0.0368. The summed E-state index contributed by atoms with van der Waals surface area (Å²) in [7, 11) is 6.84. The van der Waals surface area contributed by atoms with Crippen LogP contribution in [0.5, 0.6) is 11.5 Å². The summed E-state index contributed by atoms with van der Waals surface area (Å²) in [6.07, 6.45) is 0. The minimum atomic E-state index is -0.698. The molecule has 1 aliphatic rings. The van der Waals surface area contributed by atoms with Crippen LogP contribution in [-0.4, -0.2) is 68.0 Å². The van der Waals surface area contributed by atoms with Crippen molar-refractivity contribution in [2.45, 2.75) is 32.2 Å². The van der Waals surface area contributed by atoms with Crippen LogP contribution < -0.4 is 9.47 Å². The molecule has 1 fully saturated rings. The van der Waals surface area contributed by atoms with Gasteiger partial charge in [-0.05, 0) is 48.8 Å². The second-order valence-corrected chi connectivity index (χ2v) is 9.74. The van der Waals surface area contributed by atoms with Gasteiger partial charge in [0, 0.05) is 18.7 Å². The van der Waals surface area contributed by atoms with Crippen molar-refractivity contribution in [1.82, 2.24) is 9.80 Å². The molecule has 2 aromatic carbocycles. The van der Waals surface area contributed by atoms with E-state index in [-0.39, 0.29) is 16.7 Å². The van der Waals surface area contributed by atoms with Crippen LogP contribution >= 0.6 is 0 Å². The quantitative estimate of drug-likeness (QED) is 0.378. The van der Waals surface area contributed by atoms with Crippen molar-refractivity contribution in [2.75, 3.05) is 41.4 Å². The Bertz CT molecular complexity index is 1100. The first-order valence-corrected chi connectivity index (χ1v) is 11.3. The van der Waals surface area contributed by atoms with E-state index >= 15 is 0 Å². The number of carbonyl (C=O) groups excluding carboxylic acids is 2. The van der Waals surface area contributed by atoms with E-state index in [0.29, 0.717) is 30.2 Å². The van der Waals surface area contributed by atoms with Gasteiger partial charge in [-0.1, -0.05) is 45.0 Å². The topological polar surface area (TPSA) is 79.3 Å². The molecular formula is C27H34N2O5. The van der Waals surface area contributed by atoms with Crippen LogP contribution in [0.2, 0.25) is 0 Å². The van der Waals surface area contributed by atoms with Crippen molar-refractivity contribution in [3.8, 4) is 11.5 Å². The third-order valence-electron chi connectivity index (χ3n) is 6.08. The molecule has 7 nitrogen and oxygen atoms in total. The van der Waals surface area contributed by atoms with Gasteiger partial charge < -0.3 is 24.4 Å². The number of aliphatic hydroxyl groups is 1. The summed E-state index contributed by atoms with van der Waals surface area (Å²) in [6, 6.07) is 12.1. The van der Waals surface area contributed by atoms with Crippen LogP contribution in [0.4, 0.5) is 0 Å². The number of methoxy groups -OCH3 is 2. The summed E-state index contributed by atoms with van der Waals surface area (Å²) < 4.78 is 10.6. The summed E-state index contributed by atoms with van der Waals surface area (Å²) >= 11 is 0. The molecule has 1 atom stereocenters. The fourth-order valence-corrected chi connectivity index (χ4v) is 4.07. The SMILES string of the molecule is COc1ccc(C(O)=C2C(=O)C(=O)N(CCN(C)C)[C@H]2c2ccc(C(C)(C)C)cc2)cc1OC. The molecule has 0 bridgehead atoms. The second-order valence-electron chi connectivity index (χ2n) is 9.74. The molecule has 182 valence electrons. The molecule has 0 unspecified atom stereocenters. The van der Waals surface area contributed by atoms with Crippen LogP contribution in [0, 0.1) is 0 Å². The molecule has 1 amide bonds. The van der Waals surface area contributed by atoms with Crippen molar-refractivity contribution in [2.24, 2.45) is 0 Å². The Morgan fingerprint density at radius 3 is 2.15 bits per heavy atom. The van der Waals surface area contributed by atoms with Gasteiger partial charge in [0.15, 0.2) is 11.5 Å². The first-order chi connectivity index (χ1) is 16.0.